The van der Waals surface area contributed by atoms with Gasteiger partial charge in [0.15, 0.2) is 0 Å². The fourth-order valence-electron chi connectivity index (χ4n) is 6.17. The maximum atomic E-state index is 13.0. The van der Waals surface area contributed by atoms with Gasteiger partial charge in [-0.15, -0.1) is 0 Å². The number of hydrogen-bond donors (Lipinski definition) is 3. The molecule has 1 saturated carbocycles. The van der Waals surface area contributed by atoms with Gasteiger partial charge in [0.2, 0.25) is 5.91 Å². The van der Waals surface area contributed by atoms with Crippen LogP contribution in [0, 0.1) is 5.92 Å². The smallest absolute Gasteiger partial charge is 0.226 e. The number of ether oxygens (including phenoxy) is 2. The average Bonchev–Trinajstić information content (AvgIpc) is 3.32. The molecule has 1 aliphatic carbocycles. The van der Waals surface area contributed by atoms with Gasteiger partial charge in [0.25, 0.3) is 0 Å². The number of carbonyl (C=O) groups excluding carboxylic acids is 1. The monoisotopic (exact) mass is 566 g/mol. The summed E-state index contributed by atoms with van der Waals surface area (Å²) >= 11 is 6.74. The second-order valence-corrected chi connectivity index (χ2v) is 11.5. The first kappa shape index (κ1) is 29.0. The van der Waals surface area contributed by atoms with Gasteiger partial charge in [0.1, 0.15) is 6.10 Å². The minimum atomic E-state index is -0.705. The van der Waals surface area contributed by atoms with E-state index < -0.39 is 18.3 Å². The number of carbonyl (C=O) groups is 1. The molecule has 1 aliphatic heterocycles. The summed E-state index contributed by atoms with van der Waals surface area (Å²) in [5.41, 5.74) is 8.93. The SMILES string of the molecule is COC(CCCC(O)C1CN(C(=O)C2CC(N)C(O)C2)CCO1)c1cccc(Cl)c1-c1ccc2ccccc2c1. The summed E-state index contributed by atoms with van der Waals surface area (Å²) in [7, 11) is 1.70. The van der Waals surface area contributed by atoms with Crippen LogP contribution in [0.2, 0.25) is 5.02 Å². The molecule has 1 saturated heterocycles. The lowest BCUT2D eigenvalue weighted by Crippen LogP contribution is -2.51. The molecule has 7 nitrogen and oxygen atoms in total. The summed E-state index contributed by atoms with van der Waals surface area (Å²) < 4.78 is 11.8. The number of halogens is 1. The first-order valence-corrected chi connectivity index (χ1v) is 14.6. The Kier molecular flexibility index (Phi) is 9.41. The maximum absolute atomic E-state index is 13.0. The molecule has 1 heterocycles. The van der Waals surface area contributed by atoms with E-state index in [4.69, 9.17) is 26.8 Å². The van der Waals surface area contributed by atoms with Crippen molar-refractivity contribution in [2.45, 2.75) is 62.6 Å². The number of aliphatic hydroxyl groups excluding tert-OH is 2. The van der Waals surface area contributed by atoms with Gasteiger partial charge in [-0.3, -0.25) is 4.79 Å². The molecule has 0 radical (unpaired) electrons. The van der Waals surface area contributed by atoms with Gasteiger partial charge in [0.05, 0.1) is 24.9 Å². The summed E-state index contributed by atoms with van der Waals surface area (Å²) in [6, 6.07) is 20.2. The quantitative estimate of drug-likeness (QED) is 0.347. The molecule has 0 aromatic heterocycles. The van der Waals surface area contributed by atoms with E-state index in [-0.39, 0.29) is 24.0 Å². The number of fused-ring (bicyclic) bond motifs is 1. The van der Waals surface area contributed by atoms with Crippen LogP contribution in [-0.4, -0.2) is 72.2 Å². The summed E-state index contributed by atoms with van der Waals surface area (Å²) in [6.07, 6.45) is 0.832. The Hall–Kier alpha value is -2.52. The molecule has 3 aromatic rings. The molecule has 2 aliphatic rings. The van der Waals surface area contributed by atoms with Gasteiger partial charge in [-0.05, 0) is 66.1 Å². The highest BCUT2D eigenvalue weighted by Crippen LogP contribution is 2.39. The Labute approximate surface area is 240 Å². The van der Waals surface area contributed by atoms with Crippen LogP contribution in [0.25, 0.3) is 21.9 Å². The Morgan fingerprint density at radius 3 is 2.67 bits per heavy atom. The highest BCUT2D eigenvalue weighted by Gasteiger charge is 2.39. The topological polar surface area (TPSA) is 105 Å². The largest absolute Gasteiger partial charge is 0.391 e. The molecule has 6 atom stereocenters. The van der Waals surface area contributed by atoms with Crippen molar-refractivity contribution >= 4 is 28.3 Å². The predicted molar refractivity (Wildman–Crippen MR) is 157 cm³/mol. The molecule has 5 rings (SSSR count). The van der Waals surface area contributed by atoms with Crippen LogP contribution in [0.3, 0.4) is 0 Å². The van der Waals surface area contributed by atoms with Gasteiger partial charge in [0, 0.05) is 42.7 Å². The molecule has 3 aromatic carbocycles. The van der Waals surface area contributed by atoms with Gasteiger partial charge in [-0.1, -0.05) is 60.1 Å². The Bertz CT molecular complexity index is 1310. The van der Waals surface area contributed by atoms with Crippen LogP contribution >= 0.6 is 11.6 Å². The number of benzene rings is 3. The average molecular weight is 567 g/mol. The van der Waals surface area contributed by atoms with Crippen molar-refractivity contribution in [1.29, 1.82) is 0 Å². The molecular weight excluding hydrogens is 528 g/mol. The van der Waals surface area contributed by atoms with E-state index in [0.717, 1.165) is 22.1 Å². The molecule has 0 bridgehead atoms. The van der Waals surface area contributed by atoms with E-state index in [1.807, 2.05) is 24.3 Å². The van der Waals surface area contributed by atoms with Gasteiger partial charge < -0.3 is 30.3 Å². The summed E-state index contributed by atoms with van der Waals surface area (Å²) in [4.78, 5) is 14.8. The highest BCUT2D eigenvalue weighted by atomic mass is 35.5. The van der Waals surface area contributed by atoms with Crippen molar-refractivity contribution in [2.24, 2.45) is 11.7 Å². The number of morpholine rings is 1. The van der Waals surface area contributed by atoms with Crippen LogP contribution in [0.1, 0.15) is 43.8 Å². The standard InChI is InChI=1S/C32H39ClN2O5/c1-39-29(24-8-4-9-25(33)31(24)22-13-12-20-6-2-3-7-21(20)16-22)11-5-10-27(36)30-19-35(14-15-40-30)32(38)23-17-26(34)28(37)18-23/h2-4,6-9,12-13,16,23,26-30,36-37H,5,10-11,14-15,17-19,34H2,1H3. The lowest BCUT2D eigenvalue weighted by atomic mass is 9.92. The maximum Gasteiger partial charge on any atom is 0.226 e. The van der Waals surface area contributed by atoms with Crippen molar-refractivity contribution in [1.82, 2.24) is 4.90 Å². The molecule has 8 heteroatoms. The lowest BCUT2D eigenvalue weighted by molar-refractivity contribution is -0.148. The number of methoxy groups -OCH3 is 1. The zero-order valence-electron chi connectivity index (χ0n) is 22.9. The second-order valence-electron chi connectivity index (χ2n) is 11.1. The van der Waals surface area contributed by atoms with E-state index in [2.05, 4.69) is 36.4 Å². The van der Waals surface area contributed by atoms with E-state index >= 15 is 0 Å². The number of rotatable bonds is 9. The first-order valence-electron chi connectivity index (χ1n) is 14.2. The molecule has 0 spiro atoms. The first-order chi connectivity index (χ1) is 19.4. The van der Waals surface area contributed by atoms with Crippen molar-refractivity contribution in [3.05, 3.63) is 71.2 Å². The van der Waals surface area contributed by atoms with Gasteiger partial charge in [-0.25, -0.2) is 0 Å². The van der Waals surface area contributed by atoms with Crippen LogP contribution in [-0.2, 0) is 14.3 Å². The Morgan fingerprint density at radius 1 is 1.12 bits per heavy atom. The second kappa shape index (κ2) is 13.0. The normalized spacial score (nSPS) is 24.8. The zero-order chi connectivity index (χ0) is 28.2. The number of nitrogens with two attached hydrogens (primary N) is 1. The number of nitrogens with zero attached hydrogens (tertiary/aromatic N) is 1. The predicted octanol–water partition coefficient (Wildman–Crippen LogP) is 4.70. The third-order valence-electron chi connectivity index (χ3n) is 8.44. The fourth-order valence-corrected chi connectivity index (χ4v) is 6.46. The molecule has 2 fully saturated rings. The molecule has 1 amide bonds. The van der Waals surface area contributed by atoms with Crippen LogP contribution in [0.4, 0.5) is 0 Å². The summed E-state index contributed by atoms with van der Waals surface area (Å²) in [5.74, 6) is -0.271. The van der Waals surface area contributed by atoms with E-state index in [9.17, 15) is 15.0 Å². The van der Waals surface area contributed by atoms with Crippen molar-refractivity contribution in [2.75, 3.05) is 26.8 Å². The molecular formula is C32H39ClN2O5. The third-order valence-corrected chi connectivity index (χ3v) is 8.76. The van der Waals surface area contributed by atoms with Gasteiger partial charge in [-0.2, -0.15) is 0 Å². The highest BCUT2D eigenvalue weighted by molar-refractivity contribution is 6.33. The number of hydrogen-bond acceptors (Lipinski definition) is 6. The summed E-state index contributed by atoms with van der Waals surface area (Å²) in [6.45, 7) is 1.21. The molecule has 4 N–H and O–H groups in total. The van der Waals surface area contributed by atoms with Crippen molar-refractivity contribution < 1.29 is 24.5 Å². The van der Waals surface area contributed by atoms with Crippen molar-refractivity contribution in [3.63, 3.8) is 0 Å². The Morgan fingerprint density at radius 2 is 1.93 bits per heavy atom. The molecule has 214 valence electrons. The Balaban J connectivity index is 1.21. The van der Waals surface area contributed by atoms with E-state index in [1.165, 1.54) is 5.39 Å². The number of aliphatic hydroxyl groups is 2. The fraction of sp³-hybridized carbons (Fsp3) is 0.469. The van der Waals surface area contributed by atoms with E-state index in [0.29, 0.717) is 56.8 Å². The zero-order valence-corrected chi connectivity index (χ0v) is 23.7. The third kappa shape index (κ3) is 6.35. The molecule has 6 unspecified atom stereocenters. The minimum absolute atomic E-state index is 0.00544. The minimum Gasteiger partial charge on any atom is -0.391 e. The lowest BCUT2D eigenvalue weighted by Gasteiger charge is -2.36. The molecule has 40 heavy (non-hydrogen) atoms. The van der Waals surface area contributed by atoms with Crippen molar-refractivity contribution in [3.8, 4) is 11.1 Å². The van der Waals surface area contributed by atoms with Crippen LogP contribution < -0.4 is 5.73 Å². The van der Waals surface area contributed by atoms with Gasteiger partial charge >= 0.3 is 0 Å². The number of amides is 1. The summed E-state index contributed by atoms with van der Waals surface area (Å²) in [5, 5.41) is 23.9. The van der Waals surface area contributed by atoms with Crippen LogP contribution in [0.15, 0.2) is 60.7 Å². The van der Waals surface area contributed by atoms with Crippen LogP contribution in [0.5, 0.6) is 0 Å². The van der Waals surface area contributed by atoms with E-state index in [1.54, 1.807) is 12.0 Å².